The van der Waals surface area contributed by atoms with Crippen molar-refractivity contribution in [3.05, 3.63) is 11.6 Å². The van der Waals surface area contributed by atoms with E-state index in [1.54, 1.807) is 13.8 Å². The van der Waals surface area contributed by atoms with Crippen LogP contribution in [0.3, 0.4) is 0 Å². The number of amides is 2. The molecule has 7 atom stereocenters. The number of hydrogen-bond donors (Lipinski definition) is 4. The summed E-state index contributed by atoms with van der Waals surface area (Å²) in [6.07, 6.45) is 15.5. The van der Waals surface area contributed by atoms with Crippen molar-refractivity contribution in [3.8, 4) is 12.3 Å². The number of carbonyl (C=O) groups excluding carboxylic acids is 2. The summed E-state index contributed by atoms with van der Waals surface area (Å²) in [7, 11) is 0. The highest BCUT2D eigenvalue weighted by molar-refractivity contribution is 5.96. The zero-order chi connectivity index (χ0) is 28.6. The Balaban J connectivity index is 1.31. The predicted octanol–water partition coefficient (Wildman–Crippen LogP) is 3.03. The molecule has 2 amide bonds. The average molecular weight is 542 g/mol. The number of nitrogens with zero attached hydrogens (tertiary/aromatic N) is 1. The van der Waals surface area contributed by atoms with E-state index >= 15 is 0 Å². The zero-order valence-corrected chi connectivity index (χ0v) is 23.6. The number of hydrogen-bond acceptors (Lipinski definition) is 6. The van der Waals surface area contributed by atoms with Crippen molar-refractivity contribution in [2.24, 2.45) is 39.7 Å². The topological polar surface area (TPSA) is 137 Å². The number of fused-ring (bicyclic) bond motifs is 5. The zero-order valence-electron chi connectivity index (χ0n) is 23.6. The number of nitrogens with one attached hydrogen (secondary N) is 2. The molecule has 0 aromatic heterocycles. The summed E-state index contributed by atoms with van der Waals surface area (Å²) in [5.41, 5.74) is 1.10. The van der Waals surface area contributed by atoms with Crippen molar-refractivity contribution in [3.63, 3.8) is 0 Å². The maximum absolute atomic E-state index is 12.1. The Kier molecular flexibility index (Phi) is 8.18. The summed E-state index contributed by atoms with van der Waals surface area (Å²) in [6, 6.07) is -1.01. The molecule has 214 valence electrons. The van der Waals surface area contributed by atoms with Gasteiger partial charge in [-0.05, 0) is 86.5 Å². The molecular formula is C30H43N3O6. The van der Waals surface area contributed by atoms with Gasteiger partial charge in [-0.3, -0.25) is 9.59 Å². The van der Waals surface area contributed by atoms with E-state index in [2.05, 4.69) is 41.6 Å². The highest BCUT2D eigenvalue weighted by Gasteiger charge is 2.63. The standard InChI is InChI=1S/C30H43N3O6/c1-6-30(38)14-11-23-21-8-7-19-15-20(9-12-28(19,4)22(21)10-13-29(23,30)5)33-39-17-25(35)31-16-24(34)32-26(18(2)3)27(36)37/h1,15,18,21-23,26,38H,7-14,16-17H2,2-5H3,(H,31,35)(H,32,34)(H,36,37). The van der Waals surface area contributed by atoms with Crippen molar-refractivity contribution in [2.45, 2.75) is 90.7 Å². The van der Waals surface area contributed by atoms with Crippen LogP contribution in [0.4, 0.5) is 0 Å². The fraction of sp³-hybridized carbons (Fsp3) is 0.733. The lowest BCUT2D eigenvalue weighted by atomic mass is 9.46. The van der Waals surface area contributed by atoms with Gasteiger partial charge in [0.25, 0.3) is 5.91 Å². The minimum atomic E-state index is -1.12. The van der Waals surface area contributed by atoms with Crippen molar-refractivity contribution in [1.82, 2.24) is 10.6 Å². The second-order valence-corrected chi connectivity index (χ2v) is 12.8. The first kappa shape index (κ1) is 29.1. The number of oxime groups is 1. The lowest BCUT2D eigenvalue weighted by Gasteiger charge is -2.58. The van der Waals surface area contributed by atoms with Gasteiger partial charge in [-0.2, -0.15) is 0 Å². The molecule has 7 unspecified atom stereocenters. The van der Waals surface area contributed by atoms with Gasteiger partial charge in [0, 0.05) is 5.41 Å². The molecule has 0 saturated heterocycles. The molecule has 0 aliphatic heterocycles. The summed E-state index contributed by atoms with van der Waals surface area (Å²) in [5.74, 6) is 1.85. The summed E-state index contributed by atoms with van der Waals surface area (Å²) in [6.45, 7) is 7.31. The Morgan fingerprint density at radius 2 is 1.85 bits per heavy atom. The molecule has 3 fully saturated rings. The van der Waals surface area contributed by atoms with E-state index in [4.69, 9.17) is 11.3 Å². The molecule has 0 aromatic carbocycles. The first-order valence-corrected chi connectivity index (χ1v) is 14.2. The third-order valence-corrected chi connectivity index (χ3v) is 10.4. The molecular weight excluding hydrogens is 498 g/mol. The van der Waals surface area contributed by atoms with Crippen molar-refractivity contribution < 1.29 is 29.4 Å². The molecule has 9 heteroatoms. The Labute approximate surface area is 231 Å². The average Bonchev–Trinajstić information content (AvgIpc) is 3.16. The summed E-state index contributed by atoms with van der Waals surface area (Å²) in [4.78, 5) is 40.6. The SMILES string of the molecule is C#CC1(O)CCC2C3CCC4=CC(=NOCC(=O)NCC(=O)NC(C(=O)O)C(C)C)CCC4(C)C3CCC21C. The molecule has 9 nitrogen and oxygen atoms in total. The van der Waals surface area contributed by atoms with Crippen molar-refractivity contribution in [1.29, 1.82) is 0 Å². The molecule has 4 aliphatic rings. The summed E-state index contributed by atoms with van der Waals surface area (Å²) >= 11 is 0. The van der Waals surface area contributed by atoms with Gasteiger partial charge in [0.2, 0.25) is 5.91 Å². The number of carboxylic acid groups (broad SMARTS) is 1. The molecule has 0 radical (unpaired) electrons. The van der Waals surface area contributed by atoms with Gasteiger partial charge in [-0.25, -0.2) is 4.79 Å². The van der Waals surface area contributed by atoms with Crippen LogP contribution in [0, 0.1) is 46.8 Å². The van der Waals surface area contributed by atoms with E-state index in [9.17, 15) is 24.6 Å². The van der Waals surface area contributed by atoms with Crippen LogP contribution in [0.5, 0.6) is 0 Å². The van der Waals surface area contributed by atoms with Crippen molar-refractivity contribution in [2.75, 3.05) is 13.2 Å². The van der Waals surface area contributed by atoms with Gasteiger partial charge in [0.15, 0.2) is 6.61 Å². The van der Waals surface area contributed by atoms with Gasteiger partial charge in [-0.1, -0.05) is 44.3 Å². The summed E-state index contributed by atoms with van der Waals surface area (Å²) < 4.78 is 0. The minimum Gasteiger partial charge on any atom is -0.480 e. The van der Waals surface area contributed by atoms with E-state index in [1.807, 2.05) is 0 Å². The van der Waals surface area contributed by atoms with Crippen LogP contribution in [-0.2, 0) is 19.2 Å². The first-order valence-electron chi connectivity index (χ1n) is 14.2. The smallest absolute Gasteiger partial charge is 0.326 e. The normalized spacial score (nSPS) is 37.0. The molecule has 3 saturated carbocycles. The Bertz CT molecular complexity index is 1110. The van der Waals surface area contributed by atoms with Crippen LogP contribution in [0.2, 0.25) is 0 Å². The van der Waals surface area contributed by atoms with E-state index in [-0.39, 0.29) is 29.9 Å². The second-order valence-electron chi connectivity index (χ2n) is 12.8. The maximum Gasteiger partial charge on any atom is 0.326 e. The monoisotopic (exact) mass is 541 g/mol. The predicted molar refractivity (Wildman–Crippen MR) is 146 cm³/mol. The lowest BCUT2D eigenvalue weighted by Crippen LogP contribution is -2.54. The number of allylic oxidation sites excluding steroid dienone is 2. The Morgan fingerprint density at radius 1 is 1.13 bits per heavy atom. The highest BCUT2D eigenvalue weighted by Crippen LogP contribution is 2.67. The third kappa shape index (κ3) is 5.32. The number of carboxylic acids is 1. The highest BCUT2D eigenvalue weighted by atomic mass is 16.6. The van der Waals surface area contributed by atoms with E-state index in [0.717, 1.165) is 50.7 Å². The molecule has 4 N–H and O–H groups in total. The number of aliphatic carboxylic acids is 1. The van der Waals surface area contributed by atoms with Crippen LogP contribution < -0.4 is 10.6 Å². The number of terminal acetylenes is 1. The number of aliphatic hydroxyl groups is 1. The van der Waals surface area contributed by atoms with Crippen LogP contribution in [0.15, 0.2) is 16.8 Å². The van der Waals surface area contributed by atoms with Crippen molar-refractivity contribution >= 4 is 23.5 Å². The molecule has 0 spiro atoms. The maximum atomic E-state index is 12.1. The lowest BCUT2D eigenvalue weighted by molar-refractivity contribution is -0.143. The second kappa shape index (κ2) is 11.0. The minimum absolute atomic E-state index is 0.0919. The molecule has 0 aromatic rings. The van der Waals surface area contributed by atoms with Gasteiger partial charge >= 0.3 is 5.97 Å². The largest absolute Gasteiger partial charge is 0.480 e. The molecule has 0 bridgehead atoms. The van der Waals surface area contributed by atoms with E-state index in [1.165, 1.54) is 5.57 Å². The van der Waals surface area contributed by atoms with Gasteiger partial charge < -0.3 is 25.7 Å². The quantitative estimate of drug-likeness (QED) is 0.275. The molecule has 4 rings (SSSR count). The first-order chi connectivity index (χ1) is 18.3. The van der Waals surface area contributed by atoms with Crippen LogP contribution in [0.1, 0.15) is 79.1 Å². The fourth-order valence-corrected chi connectivity index (χ4v) is 8.04. The molecule has 0 heterocycles. The fourth-order valence-electron chi connectivity index (χ4n) is 8.04. The Morgan fingerprint density at radius 3 is 2.51 bits per heavy atom. The van der Waals surface area contributed by atoms with Crippen LogP contribution in [0.25, 0.3) is 0 Å². The number of carbonyl (C=O) groups is 3. The van der Waals surface area contributed by atoms with E-state index in [0.29, 0.717) is 24.2 Å². The molecule has 4 aliphatic carbocycles. The molecule has 39 heavy (non-hydrogen) atoms. The van der Waals surface area contributed by atoms with Gasteiger partial charge in [0.05, 0.1) is 12.3 Å². The van der Waals surface area contributed by atoms with Crippen LogP contribution >= 0.6 is 0 Å². The van der Waals surface area contributed by atoms with Crippen LogP contribution in [-0.4, -0.2) is 58.5 Å². The Hall–Kier alpha value is -2.86. The number of rotatable bonds is 8. The third-order valence-electron chi connectivity index (χ3n) is 10.4. The summed E-state index contributed by atoms with van der Waals surface area (Å²) in [5, 5.41) is 29.4. The van der Waals surface area contributed by atoms with Gasteiger partial charge in [0.1, 0.15) is 11.6 Å². The van der Waals surface area contributed by atoms with E-state index < -0.39 is 29.4 Å². The van der Waals surface area contributed by atoms with Gasteiger partial charge in [-0.15, -0.1) is 6.42 Å².